The zero-order chi connectivity index (χ0) is 9.26. The van der Waals surface area contributed by atoms with Gasteiger partial charge in [-0.2, -0.15) is 0 Å². The Balaban J connectivity index is 2.39. The van der Waals surface area contributed by atoms with Gasteiger partial charge in [0.15, 0.2) is 0 Å². The van der Waals surface area contributed by atoms with Crippen LogP contribution in [0.2, 0.25) is 0 Å². The molecule has 0 saturated heterocycles. The summed E-state index contributed by atoms with van der Waals surface area (Å²) in [5, 5.41) is 8.90. The molecule has 0 aliphatic heterocycles. The number of carboxylic acid groups (broad SMARTS) is 1. The summed E-state index contributed by atoms with van der Waals surface area (Å²) in [7, 11) is 0. The van der Waals surface area contributed by atoms with Crippen LogP contribution in [-0.2, 0) is 12.8 Å². The molecule has 13 heavy (non-hydrogen) atoms. The van der Waals surface area contributed by atoms with Crippen LogP contribution in [0.25, 0.3) is 0 Å². The Labute approximate surface area is 76.8 Å². The lowest BCUT2D eigenvalue weighted by atomic mass is 10.1. The molecule has 70 valence electrons. The molecule has 0 saturated carbocycles. The van der Waals surface area contributed by atoms with Crippen LogP contribution >= 0.6 is 0 Å². The highest BCUT2D eigenvalue weighted by molar-refractivity contribution is 5.89. The number of aromatic amines is 1. The average molecular weight is 179 g/mol. The molecule has 0 bridgehead atoms. The Morgan fingerprint density at radius 1 is 1.31 bits per heavy atom. The lowest BCUT2D eigenvalue weighted by Crippen LogP contribution is -1.99. The van der Waals surface area contributed by atoms with Crippen molar-refractivity contribution in [1.29, 1.82) is 0 Å². The maximum atomic E-state index is 10.8. The van der Waals surface area contributed by atoms with Crippen LogP contribution in [0, 0.1) is 0 Å². The molecule has 3 nitrogen and oxygen atoms in total. The number of fused-ring (bicyclic) bond motifs is 1. The Morgan fingerprint density at radius 2 is 2.08 bits per heavy atom. The number of hydrogen-bond donors (Lipinski definition) is 2. The number of aromatic nitrogens is 1. The fourth-order valence-electron chi connectivity index (χ4n) is 1.98. The summed E-state index contributed by atoms with van der Waals surface area (Å²) in [5.41, 5.74) is 2.64. The van der Waals surface area contributed by atoms with Crippen molar-refractivity contribution in [2.24, 2.45) is 0 Å². The molecule has 0 radical (unpaired) electrons. The molecule has 0 atom stereocenters. The standard InChI is InChI=1S/C10H13NO2/c12-10(13)8-6-11-9-5-3-1-2-4-7(8)9/h6,11H,1-5H2,(H,12,13). The van der Waals surface area contributed by atoms with Crippen LogP contribution in [0.3, 0.4) is 0 Å². The molecule has 1 aromatic heterocycles. The van der Waals surface area contributed by atoms with Gasteiger partial charge >= 0.3 is 5.97 Å². The average Bonchev–Trinajstić information content (AvgIpc) is 2.36. The second-order valence-corrected chi connectivity index (χ2v) is 3.53. The summed E-state index contributed by atoms with van der Waals surface area (Å²) < 4.78 is 0. The lowest BCUT2D eigenvalue weighted by molar-refractivity contribution is 0.0696. The third-order valence-corrected chi connectivity index (χ3v) is 2.66. The molecule has 0 fully saturated rings. The van der Waals surface area contributed by atoms with Crippen molar-refractivity contribution in [3.8, 4) is 0 Å². The fourth-order valence-corrected chi connectivity index (χ4v) is 1.98. The second-order valence-electron chi connectivity index (χ2n) is 3.53. The highest BCUT2D eigenvalue weighted by atomic mass is 16.4. The zero-order valence-corrected chi connectivity index (χ0v) is 7.47. The fraction of sp³-hybridized carbons (Fsp3) is 0.500. The van der Waals surface area contributed by atoms with Crippen LogP contribution in [-0.4, -0.2) is 16.1 Å². The van der Waals surface area contributed by atoms with E-state index in [0.717, 1.165) is 30.5 Å². The topological polar surface area (TPSA) is 53.1 Å². The SMILES string of the molecule is O=C(O)c1c[nH]c2c1CCCCC2. The van der Waals surface area contributed by atoms with Crippen molar-refractivity contribution in [3.63, 3.8) is 0 Å². The first-order valence-corrected chi connectivity index (χ1v) is 4.71. The highest BCUT2D eigenvalue weighted by Crippen LogP contribution is 2.22. The minimum absolute atomic E-state index is 0.469. The number of aromatic carboxylic acids is 1. The molecule has 1 heterocycles. The minimum atomic E-state index is -0.806. The molecule has 1 aromatic rings. The monoisotopic (exact) mass is 179 g/mol. The van der Waals surface area contributed by atoms with Gasteiger partial charge in [-0.15, -0.1) is 0 Å². The van der Waals surface area contributed by atoms with E-state index in [9.17, 15) is 4.79 Å². The van der Waals surface area contributed by atoms with Gasteiger partial charge in [0.2, 0.25) is 0 Å². The number of aryl methyl sites for hydroxylation is 1. The molecule has 3 heteroatoms. The van der Waals surface area contributed by atoms with E-state index < -0.39 is 5.97 Å². The molecule has 0 unspecified atom stereocenters. The normalized spacial score (nSPS) is 16.3. The van der Waals surface area contributed by atoms with Gasteiger partial charge in [0.05, 0.1) is 5.56 Å². The third kappa shape index (κ3) is 1.46. The second kappa shape index (κ2) is 3.24. The molecule has 2 rings (SSSR count). The minimum Gasteiger partial charge on any atom is -0.478 e. The van der Waals surface area contributed by atoms with Crippen molar-refractivity contribution in [2.45, 2.75) is 32.1 Å². The zero-order valence-electron chi connectivity index (χ0n) is 7.47. The lowest BCUT2D eigenvalue weighted by Gasteiger charge is -1.98. The Bertz CT molecular complexity index is 328. The number of carboxylic acids is 1. The van der Waals surface area contributed by atoms with Gasteiger partial charge in [-0.25, -0.2) is 4.79 Å². The first kappa shape index (κ1) is 8.35. The van der Waals surface area contributed by atoms with E-state index in [4.69, 9.17) is 5.11 Å². The van der Waals surface area contributed by atoms with Gasteiger partial charge in [0.25, 0.3) is 0 Å². The van der Waals surface area contributed by atoms with Crippen LogP contribution in [0.5, 0.6) is 0 Å². The van der Waals surface area contributed by atoms with E-state index in [1.165, 1.54) is 12.8 Å². The van der Waals surface area contributed by atoms with Crippen molar-refractivity contribution >= 4 is 5.97 Å². The van der Waals surface area contributed by atoms with Crippen LogP contribution in [0.1, 0.15) is 40.9 Å². The smallest absolute Gasteiger partial charge is 0.337 e. The van der Waals surface area contributed by atoms with Gasteiger partial charge in [-0.05, 0) is 31.2 Å². The highest BCUT2D eigenvalue weighted by Gasteiger charge is 2.17. The molecule has 0 amide bonds. The summed E-state index contributed by atoms with van der Waals surface area (Å²) in [4.78, 5) is 13.9. The van der Waals surface area contributed by atoms with Crippen molar-refractivity contribution in [2.75, 3.05) is 0 Å². The summed E-state index contributed by atoms with van der Waals surface area (Å²) in [5.74, 6) is -0.806. The van der Waals surface area contributed by atoms with Gasteiger partial charge in [-0.1, -0.05) is 6.42 Å². The van der Waals surface area contributed by atoms with Crippen LogP contribution in [0.4, 0.5) is 0 Å². The first-order valence-electron chi connectivity index (χ1n) is 4.71. The number of nitrogens with one attached hydrogen (secondary N) is 1. The largest absolute Gasteiger partial charge is 0.478 e. The number of carbonyl (C=O) groups is 1. The molecule has 0 spiro atoms. The maximum absolute atomic E-state index is 10.8. The van der Waals surface area contributed by atoms with Gasteiger partial charge in [0.1, 0.15) is 0 Å². The van der Waals surface area contributed by atoms with Crippen LogP contribution < -0.4 is 0 Å². The van der Waals surface area contributed by atoms with Crippen molar-refractivity contribution in [1.82, 2.24) is 4.98 Å². The van der Waals surface area contributed by atoms with E-state index in [2.05, 4.69) is 4.98 Å². The van der Waals surface area contributed by atoms with Crippen LogP contribution in [0.15, 0.2) is 6.20 Å². The molecule has 2 N–H and O–H groups in total. The van der Waals surface area contributed by atoms with E-state index in [1.54, 1.807) is 6.20 Å². The maximum Gasteiger partial charge on any atom is 0.337 e. The van der Waals surface area contributed by atoms with Gasteiger partial charge < -0.3 is 10.1 Å². The quantitative estimate of drug-likeness (QED) is 0.648. The van der Waals surface area contributed by atoms with E-state index in [1.807, 2.05) is 0 Å². The molecule has 0 aromatic carbocycles. The molecular weight excluding hydrogens is 166 g/mol. The molecule has 1 aliphatic rings. The van der Waals surface area contributed by atoms with Gasteiger partial charge in [0, 0.05) is 11.9 Å². The Kier molecular flexibility index (Phi) is 2.08. The number of rotatable bonds is 1. The predicted molar refractivity (Wildman–Crippen MR) is 49.0 cm³/mol. The Hall–Kier alpha value is -1.25. The van der Waals surface area contributed by atoms with E-state index >= 15 is 0 Å². The summed E-state index contributed by atoms with van der Waals surface area (Å²) >= 11 is 0. The van der Waals surface area contributed by atoms with Crippen molar-refractivity contribution < 1.29 is 9.90 Å². The number of hydrogen-bond acceptors (Lipinski definition) is 1. The van der Waals surface area contributed by atoms with E-state index in [-0.39, 0.29) is 0 Å². The molecule has 1 aliphatic carbocycles. The molecular formula is C10H13NO2. The third-order valence-electron chi connectivity index (χ3n) is 2.66. The van der Waals surface area contributed by atoms with E-state index in [0.29, 0.717) is 5.56 Å². The number of H-pyrrole nitrogens is 1. The predicted octanol–water partition coefficient (Wildman–Crippen LogP) is 1.98. The summed E-state index contributed by atoms with van der Waals surface area (Å²) in [6, 6.07) is 0. The summed E-state index contributed by atoms with van der Waals surface area (Å²) in [6.07, 6.45) is 7.04. The Morgan fingerprint density at radius 3 is 2.85 bits per heavy atom. The summed E-state index contributed by atoms with van der Waals surface area (Å²) in [6.45, 7) is 0. The first-order chi connectivity index (χ1) is 6.29. The van der Waals surface area contributed by atoms with Crippen molar-refractivity contribution in [3.05, 3.63) is 23.0 Å². The van der Waals surface area contributed by atoms with Gasteiger partial charge in [-0.3, -0.25) is 0 Å².